The molecule has 3 N–H and O–H groups in total. The molecule has 2 heterocycles. The molecule has 174 valence electrons. The Balaban J connectivity index is 2.02. The van der Waals surface area contributed by atoms with Crippen LogP contribution < -0.4 is 16.0 Å². The van der Waals surface area contributed by atoms with Gasteiger partial charge in [-0.15, -0.1) is 0 Å². The Morgan fingerprint density at radius 2 is 1.94 bits per heavy atom. The van der Waals surface area contributed by atoms with Crippen molar-refractivity contribution in [3.63, 3.8) is 0 Å². The van der Waals surface area contributed by atoms with Gasteiger partial charge in [-0.3, -0.25) is 4.68 Å². The molecule has 0 bridgehead atoms. The number of nitrogens with one attached hydrogen (secondary N) is 3. The van der Waals surface area contributed by atoms with E-state index in [9.17, 15) is 4.39 Å². The number of halogens is 1. The third-order valence-corrected chi connectivity index (χ3v) is 4.73. The van der Waals surface area contributed by atoms with Crippen molar-refractivity contribution in [3.8, 4) is 0 Å². The maximum Gasteiger partial charge on any atom is 0.229 e. The molecular formula is C26H28FN7. The minimum absolute atomic E-state index is 0.245. The second-order valence-corrected chi connectivity index (χ2v) is 7.56. The summed E-state index contributed by atoms with van der Waals surface area (Å²) in [5.41, 5.74) is 4.63. The number of allylic oxidation sites excluding steroid dienone is 6. The van der Waals surface area contributed by atoms with Gasteiger partial charge < -0.3 is 16.0 Å². The molecule has 3 rings (SSSR count). The van der Waals surface area contributed by atoms with Crippen LogP contribution in [0.1, 0.15) is 19.4 Å². The normalized spacial score (nSPS) is 11.4. The van der Waals surface area contributed by atoms with Crippen LogP contribution in [-0.2, 0) is 7.05 Å². The topological polar surface area (TPSA) is 79.7 Å². The Kier molecular flexibility index (Phi) is 7.76. The maximum atomic E-state index is 14.7. The molecule has 8 heteroatoms. The summed E-state index contributed by atoms with van der Waals surface area (Å²) in [6.07, 6.45) is 12.5. The standard InChI is InChI=1S/C26H28FN7/c1-7-9-17(3)12-18(4)22-15-28-26(31-21-14-29-34(6)16-21)33-25(22)32-24-13-20(10-11-23(24)27)30-19(5)8-2/h7-16,30H,2-3,5H2,1,4,6H3,(H2,28,31,32,33)/b9-7-,18-12+. The van der Waals surface area contributed by atoms with Crippen LogP contribution in [0.25, 0.3) is 5.57 Å². The average Bonchev–Trinajstić information content (AvgIpc) is 3.20. The van der Waals surface area contributed by atoms with Crippen molar-refractivity contribution in [3.05, 3.63) is 103 Å². The number of aryl methyl sites for hydroxylation is 1. The number of rotatable bonds is 10. The van der Waals surface area contributed by atoms with Gasteiger partial charge in [0.25, 0.3) is 0 Å². The third kappa shape index (κ3) is 6.29. The SMILES string of the molecule is C=CC(=C)Nc1ccc(F)c(Nc2nc(Nc3cnn(C)c3)ncc2/C(C)=C/C(=C)/C=C\C)c1. The van der Waals surface area contributed by atoms with Crippen LogP contribution >= 0.6 is 0 Å². The zero-order valence-electron chi connectivity index (χ0n) is 19.6. The molecule has 0 aliphatic rings. The molecule has 1 aromatic carbocycles. The number of hydrogen-bond donors (Lipinski definition) is 3. The van der Waals surface area contributed by atoms with Crippen molar-refractivity contribution >= 4 is 34.4 Å². The van der Waals surface area contributed by atoms with E-state index in [-0.39, 0.29) is 5.69 Å². The predicted octanol–water partition coefficient (Wildman–Crippen LogP) is 6.48. The van der Waals surface area contributed by atoms with Crippen LogP contribution in [0.3, 0.4) is 0 Å². The molecule has 0 fully saturated rings. The maximum absolute atomic E-state index is 14.7. The molecule has 0 saturated carbocycles. The summed E-state index contributed by atoms with van der Waals surface area (Å²) in [7, 11) is 1.82. The van der Waals surface area contributed by atoms with E-state index >= 15 is 0 Å². The summed E-state index contributed by atoms with van der Waals surface area (Å²) in [5.74, 6) is 0.345. The van der Waals surface area contributed by atoms with Gasteiger partial charge in [0, 0.05) is 36.4 Å². The number of aromatic nitrogens is 4. The molecule has 0 radical (unpaired) electrons. The molecule has 2 aromatic heterocycles. The quantitative estimate of drug-likeness (QED) is 0.302. The lowest BCUT2D eigenvalue weighted by molar-refractivity contribution is 0.632. The van der Waals surface area contributed by atoms with Gasteiger partial charge in [0.1, 0.15) is 11.6 Å². The highest BCUT2D eigenvalue weighted by molar-refractivity contribution is 5.78. The Bertz CT molecular complexity index is 1280. The Morgan fingerprint density at radius 3 is 2.62 bits per heavy atom. The number of hydrogen-bond acceptors (Lipinski definition) is 6. The summed E-state index contributed by atoms with van der Waals surface area (Å²) in [4.78, 5) is 9.05. The molecule has 34 heavy (non-hydrogen) atoms. The fraction of sp³-hybridized carbons (Fsp3) is 0.115. The van der Waals surface area contributed by atoms with Crippen LogP contribution in [0.4, 0.5) is 33.2 Å². The smallest absolute Gasteiger partial charge is 0.229 e. The summed E-state index contributed by atoms with van der Waals surface area (Å²) < 4.78 is 16.4. The fourth-order valence-corrected chi connectivity index (χ4v) is 3.12. The molecule has 0 spiro atoms. The van der Waals surface area contributed by atoms with Gasteiger partial charge in [-0.2, -0.15) is 10.1 Å². The average molecular weight is 458 g/mol. The Labute approximate surface area is 199 Å². The summed E-state index contributed by atoms with van der Waals surface area (Å²) in [5, 5.41) is 13.4. The monoisotopic (exact) mass is 457 g/mol. The molecule has 0 atom stereocenters. The van der Waals surface area contributed by atoms with Crippen LogP contribution in [0.5, 0.6) is 0 Å². The molecule has 0 aliphatic heterocycles. The first-order chi connectivity index (χ1) is 16.3. The Morgan fingerprint density at radius 1 is 1.15 bits per heavy atom. The molecule has 3 aromatic rings. The largest absolute Gasteiger partial charge is 0.356 e. The van der Waals surface area contributed by atoms with Crippen molar-refractivity contribution < 1.29 is 4.39 Å². The molecule has 0 amide bonds. The van der Waals surface area contributed by atoms with E-state index in [0.29, 0.717) is 28.7 Å². The zero-order valence-corrected chi connectivity index (χ0v) is 19.6. The van der Waals surface area contributed by atoms with E-state index in [1.54, 1.807) is 41.5 Å². The van der Waals surface area contributed by atoms with Gasteiger partial charge in [0.2, 0.25) is 5.95 Å². The Hall–Kier alpha value is -4.46. The first-order valence-electron chi connectivity index (χ1n) is 10.6. The predicted molar refractivity (Wildman–Crippen MR) is 139 cm³/mol. The van der Waals surface area contributed by atoms with Crippen molar-refractivity contribution in [1.29, 1.82) is 0 Å². The van der Waals surface area contributed by atoms with Gasteiger partial charge in [-0.1, -0.05) is 38.0 Å². The van der Waals surface area contributed by atoms with Crippen LogP contribution in [-0.4, -0.2) is 19.7 Å². The zero-order chi connectivity index (χ0) is 24.7. The van der Waals surface area contributed by atoms with Crippen molar-refractivity contribution in [2.24, 2.45) is 7.05 Å². The lowest BCUT2D eigenvalue weighted by Crippen LogP contribution is -2.05. The first kappa shape index (κ1) is 24.2. The van der Waals surface area contributed by atoms with Gasteiger partial charge in [0.05, 0.1) is 17.6 Å². The molecule has 0 saturated heterocycles. The second-order valence-electron chi connectivity index (χ2n) is 7.56. The lowest BCUT2D eigenvalue weighted by atomic mass is 10.1. The van der Waals surface area contributed by atoms with Gasteiger partial charge in [-0.05, 0) is 49.3 Å². The molecule has 0 aliphatic carbocycles. The van der Waals surface area contributed by atoms with Gasteiger partial charge >= 0.3 is 0 Å². The molecule has 0 unspecified atom stereocenters. The fourth-order valence-electron chi connectivity index (χ4n) is 3.12. The van der Waals surface area contributed by atoms with Crippen molar-refractivity contribution in [1.82, 2.24) is 19.7 Å². The third-order valence-electron chi connectivity index (χ3n) is 4.73. The van der Waals surface area contributed by atoms with Crippen LogP contribution in [0, 0.1) is 5.82 Å². The van der Waals surface area contributed by atoms with Gasteiger partial charge in [-0.25, -0.2) is 9.37 Å². The minimum Gasteiger partial charge on any atom is -0.356 e. The van der Waals surface area contributed by atoms with Crippen molar-refractivity contribution in [2.75, 3.05) is 16.0 Å². The second kappa shape index (κ2) is 10.9. The number of nitrogens with zero attached hydrogens (tertiary/aromatic N) is 4. The van der Waals surface area contributed by atoms with E-state index in [2.05, 4.69) is 50.8 Å². The molecular weight excluding hydrogens is 429 g/mol. The summed E-state index contributed by atoms with van der Waals surface area (Å²) in [6, 6.07) is 4.63. The van der Waals surface area contributed by atoms with Gasteiger partial charge in [0.15, 0.2) is 0 Å². The first-order valence-corrected chi connectivity index (χ1v) is 10.6. The number of anilines is 5. The van der Waals surface area contributed by atoms with E-state index in [1.807, 2.05) is 39.1 Å². The van der Waals surface area contributed by atoms with E-state index in [0.717, 1.165) is 16.8 Å². The van der Waals surface area contributed by atoms with Crippen molar-refractivity contribution in [2.45, 2.75) is 13.8 Å². The molecule has 7 nitrogen and oxygen atoms in total. The minimum atomic E-state index is -0.430. The van der Waals surface area contributed by atoms with E-state index < -0.39 is 5.82 Å². The summed E-state index contributed by atoms with van der Waals surface area (Å²) >= 11 is 0. The number of benzene rings is 1. The van der Waals surface area contributed by atoms with Crippen LogP contribution in [0.2, 0.25) is 0 Å². The highest BCUT2D eigenvalue weighted by Gasteiger charge is 2.13. The van der Waals surface area contributed by atoms with E-state index in [1.165, 1.54) is 6.07 Å². The highest BCUT2D eigenvalue weighted by Crippen LogP contribution is 2.30. The van der Waals surface area contributed by atoms with Crippen LogP contribution in [0.15, 0.2) is 92.1 Å². The van der Waals surface area contributed by atoms with E-state index in [4.69, 9.17) is 0 Å². The highest BCUT2D eigenvalue weighted by atomic mass is 19.1. The summed E-state index contributed by atoms with van der Waals surface area (Å²) in [6.45, 7) is 15.4. The lowest BCUT2D eigenvalue weighted by Gasteiger charge is -2.15.